The van der Waals surface area contributed by atoms with Crippen molar-refractivity contribution in [3.8, 4) is 0 Å². The van der Waals surface area contributed by atoms with Gasteiger partial charge in [0.25, 0.3) is 0 Å². The fourth-order valence-corrected chi connectivity index (χ4v) is 2.40. The van der Waals surface area contributed by atoms with Crippen molar-refractivity contribution >= 4 is 11.8 Å². The van der Waals surface area contributed by atoms with Gasteiger partial charge in [0.15, 0.2) is 0 Å². The Labute approximate surface area is 107 Å². The van der Waals surface area contributed by atoms with Crippen LogP contribution in [0.15, 0.2) is 18.3 Å². The Morgan fingerprint density at radius 1 is 1.56 bits per heavy atom. The quantitative estimate of drug-likeness (QED) is 0.875. The van der Waals surface area contributed by atoms with Gasteiger partial charge in [-0.05, 0) is 25.6 Å². The summed E-state index contributed by atoms with van der Waals surface area (Å²) in [5.41, 5.74) is 0.297. The number of anilines is 1. The van der Waals surface area contributed by atoms with Crippen LogP contribution in [0, 0.1) is 0 Å². The molecule has 0 saturated carbocycles. The van der Waals surface area contributed by atoms with Gasteiger partial charge in [0.1, 0.15) is 5.82 Å². The minimum Gasteiger partial charge on any atom is -0.478 e. The normalized spacial score (nSPS) is 21.0. The van der Waals surface area contributed by atoms with Gasteiger partial charge < -0.3 is 10.0 Å². The predicted octanol–water partition coefficient (Wildman–Crippen LogP) is 1.31. The highest BCUT2D eigenvalue weighted by Gasteiger charge is 2.23. The van der Waals surface area contributed by atoms with Gasteiger partial charge in [-0.25, -0.2) is 9.78 Å². The van der Waals surface area contributed by atoms with E-state index in [0.29, 0.717) is 11.6 Å². The second kappa shape index (κ2) is 5.35. The molecule has 1 aliphatic rings. The molecule has 0 aromatic carbocycles. The van der Waals surface area contributed by atoms with Gasteiger partial charge >= 0.3 is 5.97 Å². The average molecular weight is 249 g/mol. The maximum absolute atomic E-state index is 10.9. The number of carboxylic acids is 1. The molecule has 0 radical (unpaired) electrons. The maximum Gasteiger partial charge on any atom is 0.335 e. The molecule has 1 atom stereocenters. The van der Waals surface area contributed by atoms with Gasteiger partial charge in [0, 0.05) is 31.9 Å². The van der Waals surface area contributed by atoms with Crippen molar-refractivity contribution in [3.63, 3.8) is 0 Å². The van der Waals surface area contributed by atoms with E-state index in [1.165, 1.54) is 6.07 Å². The van der Waals surface area contributed by atoms with E-state index in [1.807, 2.05) is 0 Å². The number of piperazine rings is 1. The smallest absolute Gasteiger partial charge is 0.335 e. The molecule has 2 heterocycles. The fourth-order valence-electron chi connectivity index (χ4n) is 2.40. The molecule has 18 heavy (non-hydrogen) atoms. The van der Waals surface area contributed by atoms with Gasteiger partial charge in [-0.1, -0.05) is 6.92 Å². The molecule has 98 valence electrons. The molecule has 1 aromatic heterocycles. The summed E-state index contributed by atoms with van der Waals surface area (Å²) in [5.74, 6) is -0.142. The first-order valence-corrected chi connectivity index (χ1v) is 6.30. The van der Waals surface area contributed by atoms with Crippen LogP contribution in [0.5, 0.6) is 0 Å². The highest BCUT2D eigenvalue weighted by Crippen LogP contribution is 2.17. The zero-order chi connectivity index (χ0) is 13.1. The number of pyridine rings is 1. The Bertz CT molecular complexity index is 436. The molecule has 5 heteroatoms. The largest absolute Gasteiger partial charge is 0.478 e. The second-order valence-electron chi connectivity index (χ2n) is 4.63. The molecule has 1 saturated heterocycles. The van der Waals surface area contributed by atoms with E-state index in [1.54, 1.807) is 12.3 Å². The van der Waals surface area contributed by atoms with Crippen molar-refractivity contribution < 1.29 is 9.90 Å². The molecular weight excluding hydrogens is 230 g/mol. The molecule has 5 nitrogen and oxygen atoms in total. The summed E-state index contributed by atoms with van der Waals surface area (Å²) in [6.45, 7) is 8.19. The molecule has 0 spiro atoms. The van der Waals surface area contributed by atoms with E-state index in [-0.39, 0.29) is 0 Å². The predicted molar refractivity (Wildman–Crippen MR) is 70.1 cm³/mol. The van der Waals surface area contributed by atoms with Crippen LogP contribution in [0.25, 0.3) is 0 Å². The molecule has 1 unspecified atom stereocenters. The van der Waals surface area contributed by atoms with Crippen LogP contribution in [-0.4, -0.2) is 53.2 Å². The number of carboxylic acid groups (broad SMARTS) is 1. The van der Waals surface area contributed by atoms with E-state index in [4.69, 9.17) is 5.11 Å². The minimum atomic E-state index is -0.904. The first-order valence-electron chi connectivity index (χ1n) is 6.30. The standard InChI is InChI=1S/C13H19N3O2/c1-3-15-6-7-16(9-10(15)2)12-8-11(13(17)18)4-5-14-12/h4-5,8,10H,3,6-7,9H2,1-2H3,(H,17,18). The van der Waals surface area contributed by atoms with Crippen molar-refractivity contribution in [1.29, 1.82) is 0 Å². The number of rotatable bonds is 3. The van der Waals surface area contributed by atoms with Crippen molar-refractivity contribution in [3.05, 3.63) is 23.9 Å². The zero-order valence-electron chi connectivity index (χ0n) is 10.8. The summed E-state index contributed by atoms with van der Waals surface area (Å²) in [6, 6.07) is 3.65. The number of aromatic carboxylic acids is 1. The van der Waals surface area contributed by atoms with Gasteiger partial charge in [0.05, 0.1) is 5.56 Å². The van der Waals surface area contributed by atoms with Crippen LogP contribution >= 0.6 is 0 Å². The van der Waals surface area contributed by atoms with E-state index >= 15 is 0 Å². The molecule has 0 aliphatic carbocycles. The van der Waals surface area contributed by atoms with Crippen molar-refractivity contribution in [1.82, 2.24) is 9.88 Å². The Kier molecular flexibility index (Phi) is 3.81. The van der Waals surface area contributed by atoms with Gasteiger partial charge in [-0.2, -0.15) is 0 Å². The summed E-state index contributed by atoms with van der Waals surface area (Å²) in [7, 11) is 0. The highest BCUT2D eigenvalue weighted by molar-refractivity contribution is 5.88. The van der Waals surface area contributed by atoms with Gasteiger partial charge in [-0.15, -0.1) is 0 Å². The number of aromatic nitrogens is 1. The molecule has 0 amide bonds. The Morgan fingerprint density at radius 2 is 2.33 bits per heavy atom. The lowest BCUT2D eigenvalue weighted by atomic mass is 10.2. The van der Waals surface area contributed by atoms with Crippen molar-refractivity contribution in [2.75, 3.05) is 31.1 Å². The first-order chi connectivity index (χ1) is 8.61. The van der Waals surface area contributed by atoms with E-state index in [9.17, 15) is 4.79 Å². The summed E-state index contributed by atoms with van der Waals surface area (Å²) < 4.78 is 0. The Balaban J connectivity index is 2.13. The third-order valence-corrected chi connectivity index (χ3v) is 3.49. The number of likely N-dealkylation sites (N-methyl/N-ethyl adjacent to an activating group) is 1. The van der Waals surface area contributed by atoms with Gasteiger partial charge in [-0.3, -0.25) is 4.90 Å². The van der Waals surface area contributed by atoms with Crippen molar-refractivity contribution in [2.24, 2.45) is 0 Å². The third-order valence-electron chi connectivity index (χ3n) is 3.49. The maximum atomic E-state index is 10.9. The van der Waals surface area contributed by atoms with Crippen LogP contribution in [0.2, 0.25) is 0 Å². The fraction of sp³-hybridized carbons (Fsp3) is 0.538. The number of hydrogen-bond acceptors (Lipinski definition) is 4. The Morgan fingerprint density at radius 3 is 2.94 bits per heavy atom. The zero-order valence-corrected chi connectivity index (χ0v) is 10.8. The van der Waals surface area contributed by atoms with E-state index in [0.717, 1.165) is 32.0 Å². The Hall–Kier alpha value is -1.62. The summed E-state index contributed by atoms with van der Waals surface area (Å²) in [5, 5.41) is 8.99. The van der Waals surface area contributed by atoms with Crippen molar-refractivity contribution in [2.45, 2.75) is 19.9 Å². The number of nitrogens with zero attached hydrogens (tertiary/aromatic N) is 3. The van der Waals surface area contributed by atoms with Crippen LogP contribution in [0.1, 0.15) is 24.2 Å². The topological polar surface area (TPSA) is 56.7 Å². The molecule has 1 fully saturated rings. The second-order valence-corrected chi connectivity index (χ2v) is 4.63. The molecule has 1 aromatic rings. The van der Waals surface area contributed by atoms with Crippen LogP contribution in [0.4, 0.5) is 5.82 Å². The van der Waals surface area contributed by atoms with E-state index in [2.05, 4.69) is 28.6 Å². The summed E-state index contributed by atoms with van der Waals surface area (Å²) in [4.78, 5) is 19.8. The molecular formula is C13H19N3O2. The monoisotopic (exact) mass is 249 g/mol. The summed E-state index contributed by atoms with van der Waals surface area (Å²) in [6.07, 6.45) is 1.57. The lowest BCUT2D eigenvalue weighted by Gasteiger charge is -2.39. The van der Waals surface area contributed by atoms with E-state index < -0.39 is 5.97 Å². The highest BCUT2D eigenvalue weighted by atomic mass is 16.4. The lowest BCUT2D eigenvalue weighted by Crippen LogP contribution is -2.52. The number of hydrogen-bond donors (Lipinski definition) is 1. The van der Waals surface area contributed by atoms with Gasteiger partial charge in [0.2, 0.25) is 0 Å². The van der Waals surface area contributed by atoms with Crippen LogP contribution < -0.4 is 4.90 Å². The molecule has 2 rings (SSSR count). The van der Waals surface area contributed by atoms with Crippen LogP contribution in [0.3, 0.4) is 0 Å². The van der Waals surface area contributed by atoms with Crippen LogP contribution in [-0.2, 0) is 0 Å². The minimum absolute atomic E-state index is 0.297. The molecule has 0 bridgehead atoms. The average Bonchev–Trinajstić information content (AvgIpc) is 2.38. The third kappa shape index (κ3) is 2.61. The SMILES string of the molecule is CCN1CCN(c2cc(C(=O)O)ccn2)CC1C. The molecule has 1 aliphatic heterocycles. The number of carbonyl (C=O) groups is 1. The summed E-state index contributed by atoms with van der Waals surface area (Å²) >= 11 is 0. The molecule has 1 N–H and O–H groups in total. The first kappa shape index (κ1) is 12.8. The lowest BCUT2D eigenvalue weighted by molar-refractivity contribution is 0.0697.